The zero-order chi connectivity index (χ0) is 13.1. The van der Waals surface area contributed by atoms with Crippen LogP contribution in [0.1, 0.15) is 30.8 Å². The maximum absolute atomic E-state index is 12.2. The summed E-state index contributed by atoms with van der Waals surface area (Å²) in [5.74, 6) is -0.0809. The van der Waals surface area contributed by atoms with Crippen LogP contribution in [0.15, 0.2) is 30.5 Å². The van der Waals surface area contributed by atoms with Gasteiger partial charge in [0.15, 0.2) is 0 Å². The van der Waals surface area contributed by atoms with Gasteiger partial charge in [0, 0.05) is 13.1 Å². The number of carbonyl (C=O) groups is 1. The quantitative estimate of drug-likeness (QED) is 0.832. The van der Waals surface area contributed by atoms with E-state index in [2.05, 4.69) is 16.9 Å². The van der Waals surface area contributed by atoms with E-state index in [-0.39, 0.29) is 11.9 Å². The van der Waals surface area contributed by atoms with Gasteiger partial charge in [0.25, 0.3) is 5.91 Å². The van der Waals surface area contributed by atoms with Gasteiger partial charge in [-0.25, -0.2) is 4.98 Å². The summed E-state index contributed by atoms with van der Waals surface area (Å²) in [6, 6.07) is 7.75. The Morgan fingerprint density at radius 3 is 2.67 bits per heavy atom. The predicted molar refractivity (Wildman–Crippen MR) is 71.4 cm³/mol. The van der Waals surface area contributed by atoms with E-state index >= 15 is 0 Å². The summed E-state index contributed by atoms with van der Waals surface area (Å²) in [6.45, 7) is 4.08. The number of para-hydroxylation sites is 2. The molecule has 0 aliphatic rings. The first-order valence-electron chi connectivity index (χ1n) is 6.12. The second-order valence-corrected chi connectivity index (χ2v) is 4.42. The summed E-state index contributed by atoms with van der Waals surface area (Å²) in [4.78, 5) is 22.5. The molecule has 0 saturated heterocycles. The van der Waals surface area contributed by atoms with Crippen molar-refractivity contribution < 1.29 is 4.79 Å². The minimum Gasteiger partial charge on any atom is -0.338 e. The minimum atomic E-state index is -0.0809. The van der Waals surface area contributed by atoms with Crippen molar-refractivity contribution in [2.45, 2.75) is 26.3 Å². The molecule has 0 saturated carbocycles. The van der Waals surface area contributed by atoms with Crippen LogP contribution in [0.3, 0.4) is 0 Å². The molecule has 1 heterocycles. The topological polar surface area (TPSA) is 46.1 Å². The van der Waals surface area contributed by atoms with E-state index in [4.69, 9.17) is 0 Å². The number of aromatic nitrogens is 2. The van der Waals surface area contributed by atoms with Crippen LogP contribution in [0.5, 0.6) is 0 Å². The summed E-state index contributed by atoms with van der Waals surface area (Å²) >= 11 is 0. The zero-order valence-electron chi connectivity index (χ0n) is 10.9. The number of nitrogens with zero attached hydrogens (tertiary/aromatic N) is 3. The molecule has 4 heteroatoms. The molecular formula is C14H17N3O. The lowest BCUT2D eigenvalue weighted by Crippen LogP contribution is -2.35. The van der Waals surface area contributed by atoms with Crippen LogP contribution in [0, 0.1) is 0 Å². The monoisotopic (exact) mass is 243 g/mol. The molecule has 1 atom stereocenters. The first-order chi connectivity index (χ1) is 8.63. The molecular weight excluding hydrogens is 226 g/mol. The first kappa shape index (κ1) is 12.5. The molecule has 0 aliphatic carbocycles. The van der Waals surface area contributed by atoms with Crippen LogP contribution in [0.25, 0.3) is 11.0 Å². The highest BCUT2D eigenvalue weighted by atomic mass is 16.2. The molecule has 94 valence electrons. The van der Waals surface area contributed by atoms with Gasteiger partial charge in [-0.2, -0.15) is 0 Å². The van der Waals surface area contributed by atoms with E-state index in [0.717, 1.165) is 17.5 Å². The Morgan fingerprint density at radius 1 is 1.33 bits per heavy atom. The third-order valence-electron chi connectivity index (χ3n) is 3.24. The van der Waals surface area contributed by atoms with Gasteiger partial charge in [-0.3, -0.25) is 9.78 Å². The highest BCUT2D eigenvalue weighted by Gasteiger charge is 2.17. The van der Waals surface area contributed by atoms with E-state index in [1.807, 2.05) is 31.2 Å². The van der Waals surface area contributed by atoms with E-state index in [9.17, 15) is 4.79 Å². The van der Waals surface area contributed by atoms with Crippen LogP contribution in [0.4, 0.5) is 0 Å². The van der Waals surface area contributed by atoms with E-state index in [1.54, 1.807) is 18.1 Å². The average molecular weight is 243 g/mol. The average Bonchev–Trinajstić information content (AvgIpc) is 2.44. The number of benzene rings is 1. The van der Waals surface area contributed by atoms with Gasteiger partial charge in [0.2, 0.25) is 0 Å². The van der Waals surface area contributed by atoms with Crippen LogP contribution in [-0.4, -0.2) is 33.9 Å². The molecule has 0 fully saturated rings. The molecule has 2 rings (SSSR count). The van der Waals surface area contributed by atoms with Crippen LogP contribution >= 0.6 is 0 Å². The van der Waals surface area contributed by atoms with Crippen molar-refractivity contribution in [1.29, 1.82) is 0 Å². The summed E-state index contributed by atoms with van der Waals surface area (Å²) in [7, 11) is 1.80. The molecule has 0 spiro atoms. The van der Waals surface area contributed by atoms with Gasteiger partial charge in [-0.05, 0) is 25.5 Å². The Labute approximate surface area is 107 Å². The molecule has 0 aliphatic heterocycles. The lowest BCUT2D eigenvalue weighted by atomic mass is 10.2. The Balaban J connectivity index is 2.33. The van der Waals surface area contributed by atoms with E-state index in [0.29, 0.717) is 5.69 Å². The third-order valence-corrected chi connectivity index (χ3v) is 3.24. The molecule has 2 aromatic rings. The summed E-state index contributed by atoms with van der Waals surface area (Å²) < 4.78 is 0. The molecule has 0 N–H and O–H groups in total. The van der Waals surface area contributed by atoms with Gasteiger partial charge >= 0.3 is 0 Å². The molecule has 18 heavy (non-hydrogen) atoms. The van der Waals surface area contributed by atoms with Crippen molar-refractivity contribution in [2.75, 3.05) is 7.05 Å². The standard InChI is InChI=1S/C14H17N3O/c1-4-10(2)17(3)14(18)13-9-15-11-7-5-6-8-12(11)16-13/h5-10H,4H2,1-3H3. The smallest absolute Gasteiger partial charge is 0.274 e. The van der Waals surface area contributed by atoms with Gasteiger partial charge in [0.05, 0.1) is 17.2 Å². The van der Waals surface area contributed by atoms with Crippen LogP contribution in [-0.2, 0) is 0 Å². The van der Waals surface area contributed by atoms with Crippen LogP contribution < -0.4 is 0 Å². The summed E-state index contributed by atoms with van der Waals surface area (Å²) in [6.07, 6.45) is 2.47. The Kier molecular flexibility index (Phi) is 3.55. The highest BCUT2D eigenvalue weighted by Crippen LogP contribution is 2.11. The molecule has 1 aromatic carbocycles. The molecule has 0 bridgehead atoms. The number of hydrogen-bond acceptors (Lipinski definition) is 3. The Hall–Kier alpha value is -1.97. The fraction of sp³-hybridized carbons (Fsp3) is 0.357. The van der Waals surface area contributed by atoms with E-state index < -0.39 is 0 Å². The van der Waals surface area contributed by atoms with Crippen molar-refractivity contribution in [2.24, 2.45) is 0 Å². The van der Waals surface area contributed by atoms with E-state index in [1.165, 1.54) is 0 Å². The maximum atomic E-state index is 12.2. The summed E-state index contributed by atoms with van der Waals surface area (Å²) in [5.41, 5.74) is 1.96. The minimum absolute atomic E-state index is 0.0809. The Morgan fingerprint density at radius 2 is 2.00 bits per heavy atom. The number of amides is 1. The molecule has 1 amide bonds. The fourth-order valence-corrected chi connectivity index (χ4v) is 1.71. The lowest BCUT2D eigenvalue weighted by Gasteiger charge is -2.23. The van der Waals surface area contributed by atoms with Crippen molar-refractivity contribution in [3.05, 3.63) is 36.2 Å². The number of hydrogen-bond donors (Lipinski definition) is 0. The lowest BCUT2D eigenvalue weighted by molar-refractivity contribution is 0.0734. The normalized spacial score (nSPS) is 12.4. The van der Waals surface area contributed by atoms with Crippen molar-refractivity contribution in [3.8, 4) is 0 Å². The SMILES string of the molecule is CCC(C)N(C)C(=O)c1cnc2ccccc2n1. The number of carbonyl (C=O) groups excluding carboxylic acids is 1. The van der Waals surface area contributed by atoms with Crippen LogP contribution in [0.2, 0.25) is 0 Å². The molecule has 4 nitrogen and oxygen atoms in total. The molecule has 1 aromatic heterocycles. The second kappa shape index (κ2) is 5.12. The van der Waals surface area contributed by atoms with Gasteiger partial charge in [-0.1, -0.05) is 19.1 Å². The number of rotatable bonds is 3. The van der Waals surface area contributed by atoms with Gasteiger partial charge in [-0.15, -0.1) is 0 Å². The summed E-state index contributed by atoms with van der Waals surface area (Å²) in [5, 5.41) is 0. The first-order valence-corrected chi connectivity index (χ1v) is 6.12. The largest absolute Gasteiger partial charge is 0.338 e. The maximum Gasteiger partial charge on any atom is 0.274 e. The van der Waals surface area contributed by atoms with Crippen molar-refractivity contribution in [1.82, 2.24) is 14.9 Å². The molecule has 0 radical (unpaired) electrons. The Bertz CT molecular complexity index is 568. The third kappa shape index (κ3) is 2.32. The second-order valence-electron chi connectivity index (χ2n) is 4.42. The highest BCUT2D eigenvalue weighted by molar-refractivity contribution is 5.93. The molecule has 1 unspecified atom stereocenters. The van der Waals surface area contributed by atoms with Crippen molar-refractivity contribution >= 4 is 16.9 Å². The van der Waals surface area contributed by atoms with Gasteiger partial charge in [0.1, 0.15) is 5.69 Å². The fourth-order valence-electron chi connectivity index (χ4n) is 1.71. The predicted octanol–water partition coefficient (Wildman–Crippen LogP) is 2.50. The zero-order valence-corrected chi connectivity index (χ0v) is 10.9. The number of fused-ring (bicyclic) bond motifs is 1. The van der Waals surface area contributed by atoms with Crippen molar-refractivity contribution in [3.63, 3.8) is 0 Å². The van der Waals surface area contributed by atoms with Gasteiger partial charge < -0.3 is 4.90 Å².